The lowest BCUT2D eigenvalue weighted by Crippen LogP contribution is -2.40. The minimum atomic E-state index is 0. The summed E-state index contributed by atoms with van der Waals surface area (Å²) < 4.78 is 11.9. The van der Waals surface area contributed by atoms with Crippen LogP contribution in [-0.4, -0.2) is 60.6 Å². The van der Waals surface area contributed by atoms with Crippen LogP contribution in [0.3, 0.4) is 0 Å². The van der Waals surface area contributed by atoms with Crippen molar-refractivity contribution in [2.24, 2.45) is 0 Å². The highest BCUT2D eigenvalue weighted by Gasteiger charge is 2.22. The molecule has 0 aliphatic carbocycles. The van der Waals surface area contributed by atoms with Crippen molar-refractivity contribution in [2.45, 2.75) is 58.1 Å². The van der Waals surface area contributed by atoms with Crippen LogP contribution in [0.4, 0.5) is 0 Å². The van der Waals surface area contributed by atoms with Gasteiger partial charge >= 0.3 is 0 Å². The highest BCUT2D eigenvalue weighted by atomic mass is 35.5. The number of halogens is 1. The number of hydrogen-bond donors (Lipinski definition) is 0. The van der Waals surface area contributed by atoms with Crippen molar-refractivity contribution in [3.8, 4) is 11.5 Å². The summed E-state index contributed by atoms with van der Waals surface area (Å²) in [5.74, 6) is 1.94. The molecule has 2 heterocycles. The highest BCUT2D eigenvalue weighted by Crippen LogP contribution is 2.22. The van der Waals surface area contributed by atoms with E-state index in [4.69, 9.17) is 9.47 Å². The molecule has 1 amide bonds. The second-order valence-corrected chi connectivity index (χ2v) is 7.52. The van der Waals surface area contributed by atoms with E-state index in [1.54, 1.807) is 6.92 Å². The van der Waals surface area contributed by atoms with E-state index in [1.165, 1.54) is 19.4 Å². The van der Waals surface area contributed by atoms with Crippen molar-refractivity contribution in [3.63, 3.8) is 0 Å². The molecular weight excluding hydrogens is 364 g/mol. The van der Waals surface area contributed by atoms with Gasteiger partial charge in [-0.3, -0.25) is 4.79 Å². The van der Waals surface area contributed by atoms with Gasteiger partial charge in [-0.15, -0.1) is 12.4 Å². The molecule has 0 radical (unpaired) electrons. The molecule has 1 aromatic carbocycles. The van der Waals surface area contributed by atoms with Crippen molar-refractivity contribution in [1.29, 1.82) is 0 Å². The molecule has 3 rings (SSSR count). The Morgan fingerprint density at radius 2 is 1.74 bits per heavy atom. The fourth-order valence-corrected chi connectivity index (χ4v) is 3.88. The van der Waals surface area contributed by atoms with Gasteiger partial charge in [0, 0.05) is 45.4 Å². The van der Waals surface area contributed by atoms with Gasteiger partial charge in [-0.1, -0.05) is 0 Å². The first-order valence-corrected chi connectivity index (χ1v) is 10.0. The second-order valence-electron chi connectivity index (χ2n) is 7.52. The topological polar surface area (TPSA) is 42.0 Å². The number of likely N-dealkylation sites (tertiary alicyclic amines) is 2. The van der Waals surface area contributed by atoms with Crippen molar-refractivity contribution in [1.82, 2.24) is 9.80 Å². The monoisotopic (exact) mass is 396 g/mol. The second kappa shape index (κ2) is 10.8. The summed E-state index contributed by atoms with van der Waals surface area (Å²) in [6.07, 6.45) is 5.71. The van der Waals surface area contributed by atoms with Crippen LogP contribution in [0.15, 0.2) is 24.3 Å². The zero-order valence-corrected chi connectivity index (χ0v) is 17.4. The fourth-order valence-electron chi connectivity index (χ4n) is 3.88. The van der Waals surface area contributed by atoms with Gasteiger partial charge in [0.2, 0.25) is 5.91 Å². The van der Waals surface area contributed by atoms with Crippen LogP contribution >= 0.6 is 12.4 Å². The lowest BCUT2D eigenvalue weighted by atomic mass is 10.1. The Morgan fingerprint density at radius 3 is 2.33 bits per heavy atom. The van der Waals surface area contributed by atoms with E-state index in [1.807, 2.05) is 29.2 Å². The lowest BCUT2D eigenvalue weighted by Gasteiger charge is -2.31. The molecule has 1 aromatic rings. The van der Waals surface area contributed by atoms with E-state index in [2.05, 4.69) is 11.8 Å². The third kappa shape index (κ3) is 6.58. The largest absolute Gasteiger partial charge is 0.494 e. The third-order valence-corrected chi connectivity index (χ3v) is 5.56. The molecule has 2 aliphatic rings. The third-order valence-electron chi connectivity index (χ3n) is 5.56. The normalized spacial score (nSPS) is 21.0. The maximum atomic E-state index is 11.4. The van der Waals surface area contributed by atoms with Crippen LogP contribution in [0.2, 0.25) is 0 Å². The van der Waals surface area contributed by atoms with Crippen molar-refractivity contribution < 1.29 is 14.3 Å². The van der Waals surface area contributed by atoms with E-state index in [-0.39, 0.29) is 24.4 Å². The number of amides is 1. The Balaban J connectivity index is 0.00000261. The molecule has 2 fully saturated rings. The maximum Gasteiger partial charge on any atom is 0.219 e. The van der Waals surface area contributed by atoms with Gasteiger partial charge in [-0.2, -0.15) is 0 Å². The van der Waals surface area contributed by atoms with Crippen LogP contribution < -0.4 is 9.47 Å². The summed E-state index contributed by atoms with van der Waals surface area (Å²) in [7, 11) is 0. The molecule has 0 aromatic heterocycles. The molecule has 27 heavy (non-hydrogen) atoms. The summed E-state index contributed by atoms with van der Waals surface area (Å²) in [4.78, 5) is 15.8. The lowest BCUT2D eigenvalue weighted by molar-refractivity contribution is -0.130. The smallest absolute Gasteiger partial charge is 0.219 e. The number of carbonyl (C=O) groups is 1. The number of benzene rings is 1. The molecule has 0 bridgehead atoms. The summed E-state index contributed by atoms with van der Waals surface area (Å²) in [5.41, 5.74) is 0. The Morgan fingerprint density at radius 1 is 1.07 bits per heavy atom. The molecule has 0 N–H and O–H groups in total. The molecular formula is C21H33ClN2O3. The molecule has 2 aliphatic heterocycles. The molecule has 1 atom stereocenters. The number of nitrogens with zero attached hydrogens (tertiary/aromatic N) is 2. The molecule has 152 valence electrons. The summed E-state index contributed by atoms with van der Waals surface area (Å²) >= 11 is 0. The van der Waals surface area contributed by atoms with Crippen LogP contribution in [0.1, 0.15) is 46.0 Å². The van der Waals surface area contributed by atoms with Crippen LogP contribution in [0.25, 0.3) is 0 Å². The zero-order valence-electron chi connectivity index (χ0n) is 16.6. The molecule has 2 saturated heterocycles. The number of ether oxygens (including phenoxy) is 2. The van der Waals surface area contributed by atoms with Crippen molar-refractivity contribution in [3.05, 3.63) is 24.3 Å². The predicted molar refractivity (Wildman–Crippen MR) is 110 cm³/mol. The minimum absolute atomic E-state index is 0. The van der Waals surface area contributed by atoms with Crippen molar-refractivity contribution >= 4 is 18.3 Å². The van der Waals surface area contributed by atoms with E-state index >= 15 is 0 Å². The first-order valence-electron chi connectivity index (χ1n) is 10.0. The SMILES string of the molecule is CC(=O)N1CCC(Oc2ccc(OCCCN3CCC[C@H]3C)cc2)CC1.Cl. The van der Waals surface area contributed by atoms with Crippen LogP contribution in [-0.2, 0) is 4.79 Å². The standard InChI is InChI=1S/C21H32N2O3.ClH/c1-17-5-3-12-22(17)13-4-16-25-19-6-8-20(9-7-19)26-21-10-14-23(15-11-21)18(2)24;/h6-9,17,21H,3-5,10-16H2,1-2H3;1H/t17-;/m1./s1. The number of carbonyl (C=O) groups excluding carboxylic acids is 1. The Kier molecular flexibility index (Phi) is 8.71. The summed E-state index contributed by atoms with van der Waals surface area (Å²) in [6.45, 7) is 8.64. The van der Waals surface area contributed by atoms with E-state index < -0.39 is 0 Å². The van der Waals surface area contributed by atoms with E-state index in [0.29, 0.717) is 0 Å². The molecule has 0 unspecified atom stereocenters. The van der Waals surface area contributed by atoms with Gasteiger partial charge in [0.15, 0.2) is 0 Å². The predicted octanol–water partition coefficient (Wildman–Crippen LogP) is 3.75. The van der Waals surface area contributed by atoms with Crippen LogP contribution in [0, 0.1) is 0 Å². The quantitative estimate of drug-likeness (QED) is 0.658. The molecule has 0 saturated carbocycles. The van der Waals surface area contributed by atoms with Gasteiger partial charge in [0.1, 0.15) is 17.6 Å². The molecule has 6 heteroatoms. The number of rotatable bonds is 7. The fraction of sp³-hybridized carbons (Fsp3) is 0.667. The zero-order chi connectivity index (χ0) is 18.4. The van der Waals surface area contributed by atoms with Crippen molar-refractivity contribution in [2.75, 3.05) is 32.8 Å². The molecule has 5 nitrogen and oxygen atoms in total. The highest BCUT2D eigenvalue weighted by molar-refractivity contribution is 5.85. The number of hydrogen-bond acceptors (Lipinski definition) is 4. The Hall–Kier alpha value is -1.46. The van der Waals surface area contributed by atoms with Gasteiger partial charge in [-0.05, 0) is 57.0 Å². The van der Waals surface area contributed by atoms with E-state index in [0.717, 1.165) is 63.0 Å². The Bertz CT molecular complexity index is 573. The van der Waals surface area contributed by atoms with Gasteiger partial charge in [0.25, 0.3) is 0 Å². The minimum Gasteiger partial charge on any atom is -0.494 e. The first-order chi connectivity index (χ1) is 12.6. The maximum absolute atomic E-state index is 11.4. The summed E-state index contributed by atoms with van der Waals surface area (Å²) in [6, 6.07) is 8.66. The van der Waals surface area contributed by atoms with Gasteiger partial charge < -0.3 is 19.3 Å². The van der Waals surface area contributed by atoms with Crippen LogP contribution in [0.5, 0.6) is 11.5 Å². The average molecular weight is 397 g/mol. The van der Waals surface area contributed by atoms with Gasteiger partial charge in [-0.25, -0.2) is 0 Å². The van der Waals surface area contributed by atoms with Gasteiger partial charge in [0.05, 0.1) is 6.61 Å². The van der Waals surface area contributed by atoms with E-state index in [9.17, 15) is 4.79 Å². The first kappa shape index (κ1) is 21.8. The Labute approximate surface area is 169 Å². The summed E-state index contributed by atoms with van der Waals surface area (Å²) in [5, 5.41) is 0. The molecule has 0 spiro atoms. The number of piperidine rings is 1. The average Bonchev–Trinajstić information content (AvgIpc) is 3.05.